The van der Waals surface area contributed by atoms with Gasteiger partial charge in [0.15, 0.2) is 17.5 Å². The lowest BCUT2D eigenvalue weighted by atomic mass is 10.1. The number of aliphatic imine (C=N–C) groups is 1. The lowest BCUT2D eigenvalue weighted by molar-refractivity contribution is 0.106. The molecular formula is C18H27N3O3. The van der Waals surface area contributed by atoms with Crippen LogP contribution in [0.25, 0.3) is 0 Å². The Morgan fingerprint density at radius 3 is 3.00 bits per heavy atom. The van der Waals surface area contributed by atoms with Crippen molar-refractivity contribution < 1.29 is 14.2 Å². The van der Waals surface area contributed by atoms with Crippen LogP contribution in [-0.4, -0.2) is 45.1 Å². The molecule has 6 nitrogen and oxygen atoms in total. The number of hydrogen-bond donors (Lipinski definition) is 2. The Kier molecular flexibility index (Phi) is 6.18. The Morgan fingerprint density at radius 1 is 1.25 bits per heavy atom. The van der Waals surface area contributed by atoms with Crippen molar-refractivity contribution in [1.82, 2.24) is 10.6 Å². The molecular weight excluding hydrogens is 306 g/mol. The molecule has 1 atom stereocenters. The minimum atomic E-state index is 0.318. The first-order valence-corrected chi connectivity index (χ1v) is 8.87. The minimum absolute atomic E-state index is 0.318. The van der Waals surface area contributed by atoms with Crippen molar-refractivity contribution >= 4 is 5.96 Å². The van der Waals surface area contributed by atoms with Gasteiger partial charge in [0.25, 0.3) is 0 Å². The highest BCUT2D eigenvalue weighted by atomic mass is 16.7. The summed E-state index contributed by atoms with van der Waals surface area (Å²) in [6.45, 7) is 5.78. The summed E-state index contributed by atoms with van der Waals surface area (Å²) >= 11 is 0. The lowest BCUT2D eigenvalue weighted by Crippen LogP contribution is -2.38. The minimum Gasteiger partial charge on any atom is -0.454 e. The van der Waals surface area contributed by atoms with Crippen molar-refractivity contribution in [2.45, 2.75) is 38.7 Å². The summed E-state index contributed by atoms with van der Waals surface area (Å²) in [6.07, 6.45) is 4.66. The van der Waals surface area contributed by atoms with E-state index in [-0.39, 0.29) is 0 Å². The molecule has 24 heavy (non-hydrogen) atoms. The molecule has 1 unspecified atom stereocenters. The van der Waals surface area contributed by atoms with Gasteiger partial charge >= 0.3 is 0 Å². The number of hydrogen-bond acceptors (Lipinski definition) is 4. The van der Waals surface area contributed by atoms with E-state index in [1.165, 1.54) is 18.4 Å². The molecule has 2 aliphatic heterocycles. The van der Waals surface area contributed by atoms with Gasteiger partial charge in [-0.1, -0.05) is 6.07 Å². The monoisotopic (exact) mass is 333 g/mol. The molecule has 0 saturated carbocycles. The summed E-state index contributed by atoms with van der Waals surface area (Å²) in [5, 5.41) is 6.68. The van der Waals surface area contributed by atoms with Gasteiger partial charge in [-0.3, -0.25) is 4.99 Å². The van der Waals surface area contributed by atoms with Crippen LogP contribution in [0.2, 0.25) is 0 Å². The van der Waals surface area contributed by atoms with Gasteiger partial charge in [0, 0.05) is 26.2 Å². The summed E-state index contributed by atoms with van der Waals surface area (Å²) in [6, 6.07) is 6.10. The van der Waals surface area contributed by atoms with E-state index in [0.29, 0.717) is 12.9 Å². The SMILES string of the molecule is CCNC(=NCCC1CCCO1)NCCc1ccc2c(c1)OCO2. The van der Waals surface area contributed by atoms with Gasteiger partial charge in [-0.05, 0) is 50.3 Å². The van der Waals surface area contributed by atoms with Crippen LogP contribution in [0.5, 0.6) is 11.5 Å². The summed E-state index contributed by atoms with van der Waals surface area (Å²) in [5.41, 5.74) is 1.22. The van der Waals surface area contributed by atoms with Crippen LogP contribution in [0.1, 0.15) is 31.7 Å². The quantitative estimate of drug-likeness (QED) is 0.591. The Hall–Kier alpha value is -1.95. The van der Waals surface area contributed by atoms with Crippen molar-refractivity contribution in [1.29, 1.82) is 0 Å². The highest BCUT2D eigenvalue weighted by Gasteiger charge is 2.15. The predicted molar refractivity (Wildman–Crippen MR) is 93.8 cm³/mol. The molecule has 0 aromatic heterocycles. The molecule has 1 aromatic rings. The van der Waals surface area contributed by atoms with Crippen LogP contribution < -0.4 is 20.1 Å². The topological polar surface area (TPSA) is 64.1 Å². The van der Waals surface area contributed by atoms with Crippen LogP contribution in [0, 0.1) is 0 Å². The molecule has 0 aliphatic carbocycles. The Labute approximate surface area is 143 Å². The van der Waals surface area contributed by atoms with Crippen LogP contribution in [0.15, 0.2) is 23.2 Å². The average Bonchev–Trinajstić information content (AvgIpc) is 3.25. The first kappa shape index (κ1) is 16.9. The van der Waals surface area contributed by atoms with Gasteiger partial charge < -0.3 is 24.8 Å². The Morgan fingerprint density at radius 2 is 2.17 bits per heavy atom. The lowest BCUT2D eigenvalue weighted by Gasteiger charge is -2.12. The summed E-state index contributed by atoms with van der Waals surface area (Å²) in [5.74, 6) is 2.54. The molecule has 1 aromatic carbocycles. The van der Waals surface area contributed by atoms with E-state index in [1.807, 2.05) is 12.1 Å². The third-order valence-electron chi connectivity index (χ3n) is 4.23. The summed E-state index contributed by atoms with van der Waals surface area (Å²) < 4.78 is 16.4. The van der Waals surface area contributed by atoms with Crippen molar-refractivity contribution in [3.8, 4) is 11.5 Å². The van der Waals surface area contributed by atoms with Crippen LogP contribution in [0.4, 0.5) is 0 Å². The second-order valence-corrected chi connectivity index (χ2v) is 6.05. The van der Waals surface area contributed by atoms with E-state index < -0.39 is 0 Å². The van der Waals surface area contributed by atoms with Gasteiger partial charge in [-0.15, -0.1) is 0 Å². The van der Waals surface area contributed by atoms with E-state index in [9.17, 15) is 0 Å². The van der Waals surface area contributed by atoms with Crippen molar-refractivity contribution in [2.24, 2.45) is 4.99 Å². The third kappa shape index (κ3) is 4.77. The maximum absolute atomic E-state index is 5.64. The summed E-state index contributed by atoms with van der Waals surface area (Å²) in [4.78, 5) is 4.64. The number of nitrogens with zero attached hydrogens (tertiary/aromatic N) is 1. The third-order valence-corrected chi connectivity index (χ3v) is 4.23. The van der Waals surface area contributed by atoms with E-state index in [0.717, 1.165) is 56.5 Å². The average molecular weight is 333 g/mol. The largest absolute Gasteiger partial charge is 0.454 e. The smallest absolute Gasteiger partial charge is 0.231 e. The maximum Gasteiger partial charge on any atom is 0.231 e. The van der Waals surface area contributed by atoms with Crippen LogP contribution in [-0.2, 0) is 11.2 Å². The number of guanidine groups is 1. The highest BCUT2D eigenvalue weighted by molar-refractivity contribution is 5.79. The zero-order valence-electron chi connectivity index (χ0n) is 14.3. The van der Waals surface area contributed by atoms with Gasteiger partial charge in [-0.25, -0.2) is 0 Å². The van der Waals surface area contributed by atoms with Gasteiger partial charge in [0.05, 0.1) is 6.10 Å². The molecule has 2 heterocycles. The Bertz CT molecular complexity index is 556. The number of ether oxygens (including phenoxy) is 3. The van der Waals surface area contributed by atoms with Gasteiger partial charge in [0.2, 0.25) is 6.79 Å². The first-order valence-electron chi connectivity index (χ1n) is 8.87. The van der Waals surface area contributed by atoms with Crippen molar-refractivity contribution in [3.63, 3.8) is 0 Å². The zero-order chi connectivity index (χ0) is 16.6. The first-order chi connectivity index (χ1) is 11.8. The van der Waals surface area contributed by atoms with Crippen molar-refractivity contribution in [2.75, 3.05) is 33.0 Å². The molecule has 2 aliphatic rings. The predicted octanol–water partition coefficient (Wildman–Crippen LogP) is 2.08. The standard InChI is InChI=1S/C18H27N3O3/c1-2-19-18(21-10-8-15-4-3-11-22-15)20-9-7-14-5-6-16-17(12-14)24-13-23-16/h5-6,12,15H,2-4,7-11,13H2,1H3,(H2,19,20,21). The second-order valence-electron chi connectivity index (χ2n) is 6.05. The number of nitrogens with one attached hydrogen (secondary N) is 2. The molecule has 0 amide bonds. The highest BCUT2D eigenvalue weighted by Crippen LogP contribution is 2.32. The molecule has 1 saturated heterocycles. The fraction of sp³-hybridized carbons (Fsp3) is 0.611. The molecule has 132 valence electrons. The van der Waals surface area contributed by atoms with E-state index in [2.05, 4.69) is 28.6 Å². The van der Waals surface area contributed by atoms with E-state index in [1.54, 1.807) is 0 Å². The Balaban J connectivity index is 1.43. The molecule has 6 heteroatoms. The van der Waals surface area contributed by atoms with Crippen LogP contribution >= 0.6 is 0 Å². The number of fused-ring (bicyclic) bond motifs is 1. The zero-order valence-corrected chi connectivity index (χ0v) is 14.3. The van der Waals surface area contributed by atoms with Gasteiger partial charge in [-0.2, -0.15) is 0 Å². The van der Waals surface area contributed by atoms with Crippen molar-refractivity contribution in [3.05, 3.63) is 23.8 Å². The molecule has 0 bridgehead atoms. The second kappa shape index (κ2) is 8.78. The van der Waals surface area contributed by atoms with Crippen LogP contribution in [0.3, 0.4) is 0 Å². The number of benzene rings is 1. The summed E-state index contributed by atoms with van der Waals surface area (Å²) in [7, 11) is 0. The maximum atomic E-state index is 5.64. The molecule has 1 fully saturated rings. The molecule has 2 N–H and O–H groups in total. The fourth-order valence-corrected chi connectivity index (χ4v) is 2.96. The molecule has 0 radical (unpaired) electrons. The van der Waals surface area contributed by atoms with E-state index in [4.69, 9.17) is 14.2 Å². The normalized spacial score (nSPS) is 19.5. The number of rotatable bonds is 7. The van der Waals surface area contributed by atoms with E-state index >= 15 is 0 Å². The van der Waals surface area contributed by atoms with Gasteiger partial charge in [0.1, 0.15) is 0 Å². The fourth-order valence-electron chi connectivity index (χ4n) is 2.96. The molecule has 0 spiro atoms. The molecule has 3 rings (SSSR count).